The summed E-state index contributed by atoms with van der Waals surface area (Å²) in [7, 11) is 0. The zero-order valence-corrected chi connectivity index (χ0v) is 10.1. The van der Waals surface area contributed by atoms with Crippen LogP contribution in [-0.2, 0) is 0 Å². The number of piperidine rings is 1. The van der Waals surface area contributed by atoms with Gasteiger partial charge in [0.1, 0.15) is 5.01 Å². The zero-order chi connectivity index (χ0) is 10.8. The zero-order valence-electron chi connectivity index (χ0n) is 9.29. The van der Waals surface area contributed by atoms with Crippen molar-refractivity contribution in [2.45, 2.75) is 39.2 Å². The van der Waals surface area contributed by atoms with Crippen LogP contribution in [0.3, 0.4) is 0 Å². The smallest absolute Gasteiger partial charge is 0.115 e. The van der Waals surface area contributed by atoms with Gasteiger partial charge in [-0.3, -0.25) is 5.41 Å². The van der Waals surface area contributed by atoms with E-state index < -0.39 is 0 Å². The molecule has 15 heavy (non-hydrogen) atoms. The Hall–Kier alpha value is -0.900. The first kappa shape index (κ1) is 10.6. The maximum atomic E-state index is 7.94. The summed E-state index contributed by atoms with van der Waals surface area (Å²) in [6, 6.07) is 0.275. The van der Waals surface area contributed by atoms with Crippen LogP contribution in [0, 0.1) is 12.3 Å². The van der Waals surface area contributed by atoms with Crippen LogP contribution >= 0.6 is 11.3 Å². The molecule has 0 saturated carbocycles. The van der Waals surface area contributed by atoms with Crippen LogP contribution in [0.4, 0.5) is 0 Å². The van der Waals surface area contributed by atoms with E-state index in [2.05, 4.69) is 22.2 Å². The first-order valence-electron chi connectivity index (χ1n) is 5.44. The Kier molecular flexibility index (Phi) is 3.05. The fraction of sp³-hybridized carbons (Fsp3) is 0.636. The van der Waals surface area contributed by atoms with Crippen LogP contribution in [0.2, 0.25) is 0 Å². The monoisotopic (exact) mass is 223 g/mol. The number of nitrogens with zero attached hydrogens (tertiary/aromatic N) is 2. The summed E-state index contributed by atoms with van der Waals surface area (Å²) in [5, 5.41) is 11.2. The first-order chi connectivity index (χ1) is 7.18. The van der Waals surface area contributed by atoms with Crippen molar-refractivity contribution in [3.63, 3.8) is 0 Å². The summed E-state index contributed by atoms with van der Waals surface area (Å²) >= 11 is 1.70. The van der Waals surface area contributed by atoms with Crippen LogP contribution < -0.4 is 0 Å². The van der Waals surface area contributed by atoms with Gasteiger partial charge in [-0.15, -0.1) is 11.3 Å². The average Bonchev–Trinajstić information content (AvgIpc) is 2.65. The molecule has 0 radical (unpaired) electrons. The molecule has 1 aliphatic rings. The number of thiazole rings is 1. The number of rotatable bonds is 2. The predicted octanol–water partition coefficient (Wildman–Crippen LogP) is 2.98. The SMILES string of the molecule is Cc1csc(C(C)N2CCCCC2=N)n1. The number of aryl methyl sites for hydroxylation is 1. The van der Waals surface area contributed by atoms with Crippen LogP contribution in [0.15, 0.2) is 5.38 Å². The number of amidine groups is 1. The Morgan fingerprint density at radius 3 is 2.93 bits per heavy atom. The second-order valence-corrected chi connectivity index (χ2v) is 4.99. The van der Waals surface area contributed by atoms with Gasteiger partial charge in [0.15, 0.2) is 0 Å². The van der Waals surface area contributed by atoms with Crippen LogP contribution in [0.5, 0.6) is 0 Å². The molecule has 1 saturated heterocycles. The van der Waals surface area contributed by atoms with Gasteiger partial charge >= 0.3 is 0 Å². The molecule has 82 valence electrons. The van der Waals surface area contributed by atoms with E-state index in [1.807, 2.05) is 6.92 Å². The standard InChI is InChI=1S/C11H17N3S/c1-8-7-15-11(13-8)9(2)14-6-4-3-5-10(14)12/h7,9,12H,3-6H2,1-2H3. The van der Waals surface area contributed by atoms with Crippen molar-refractivity contribution in [1.29, 1.82) is 5.41 Å². The highest BCUT2D eigenvalue weighted by Gasteiger charge is 2.23. The first-order valence-corrected chi connectivity index (χ1v) is 6.32. The maximum absolute atomic E-state index is 7.94. The molecule has 1 unspecified atom stereocenters. The maximum Gasteiger partial charge on any atom is 0.115 e. The topological polar surface area (TPSA) is 40.0 Å². The highest BCUT2D eigenvalue weighted by Crippen LogP contribution is 2.27. The highest BCUT2D eigenvalue weighted by molar-refractivity contribution is 7.09. The van der Waals surface area contributed by atoms with Crippen LogP contribution in [0.25, 0.3) is 0 Å². The quantitative estimate of drug-likeness (QED) is 0.837. The second-order valence-electron chi connectivity index (χ2n) is 4.10. The third kappa shape index (κ3) is 2.20. The number of likely N-dealkylation sites (tertiary alicyclic amines) is 1. The Labute approximate surface area is 94.7 Å². The minimum absolute atomic E-state index is 0.275. The number of hydrogen-bond acceptors (Lipinski definition) is 3. The van der Waals surface area contributed by atoms with Gasteiger partial charge in [-0.05, 0) is 26.7 Å². The molecular formula is C11H17N3S. The van der Waals surface area contributed by atoms with E-state index in [4.69, 9.17) is 5.41 Å². The summed E-state index contributed by atoms with van der Waals surface area (Å²) < 4.78 is 0. The van der Waals surface area contributed by atoms with Crippen molar-refractivity contribution in [2.24, 2.45) is 0 Å². The van der Waals surface area contributed by atoms with Gasteiger partial charge < -0.3 is 4.90 Å². The Balaban J connectivity index is 2.12. The molecule has 3 nitrogen and oxygen atoms in total. The number of nitrogens with one attached hydrogen (secondary N) is 1. The molecule has 0 bridgehead atoms. The summed E-state index contributed by atoms with van der Waals surface area (Å²) in [5.41, 5.74) is 1.09. The minimum Gasteiger partial charge on any atom is -0.351 e. The van der Waals surface area contributed by atoms with Gasteiger partial charge in [-0.25, -0.2) is 4.98 Å². The lowest BCUT2D eigenvalue weighted by molar-refractivity contribution is 0.299. The fourth-order valence-electron chi connectivity index (χ4n) is 1.98. The average molecular weight is 223 g/mol. The van der Waals surface area contributed by atoms with Gasteiger partial charge in [0, 0.05) is 24.0 Å². The third-order valence-electron chi connectivity index (χ3n) is 2.87. The highest BCUT2D eigenvalue weighted by atomic mass is 32.1. The Morgan fingerprint density at radius 1 is 1.53 bits per heavy atom. The lowest BCUT2D eigenvalue weighted by Gasteiger charge is -2.33. The molecule has 2 heterocycles. The van der Waals surface area contributed by atoms with Gasteiger partial charge in [0.25, 0.3) is 0 Å². The largest absolute Gasteiger partial charge is 0.351 e. The molecule has 1 aromatic heterocycles. The van der Waals surface area contributed by atoms with Crippen molar-refractivity contribution in [3.8, 4) is 0 Å². The summed E-state index contributed by atoms with van der Waals surface area (Å²) in [5.74, 6) is 0.779. The van der Waals surface area contributed by atoms with Crippen molar-refractivity contribution in [1.82, 2.24) is 9.88 Å². The van der Waals surface area contributed by atoms with E-state index in [-0.39, 0.29) is 6.04 Å². The third-order valence-corrected chi connectivity index (χ3v) is 4.00. The molecule has 0 aromatic carbocycles. The number of hydrogen-bond donors (Lipinski definition) is 1. The second kappa shape index (κ2) is 4.31. The lowest BCUT2D eigenvalue weighted by Crippen LogP contribution is -2.36. The number of aromatic nitrogens is 1. The van der Waals surface area contributed by atoms with Gasteiger partial charge in [0.05, 0.1) is 11.9 Å². The Morgan fingerprint density at radius 2 is 2.33 bits per heavy atom. The molecule has 1 aliphatic heterocycles. The van der Waals surface area contributed by atoms with Gasteiger partial charge in [-0.1, -0.05) is 0 Å². The summed E-state index contributed by atoms with van der Waals surface area (Å²) in [4.78, 5) is 6.68. The predicted molar refractivity (Wildman–Crippen MR) is 63.5 cm³/mol. The van der Waals surface area contributed by atoms with Crippen molar-refractivity contribution in [2.75, 3.05) is 6.54 Å². The molecular weight excluding hydrogens is 206 g/mol. The molecule has 0 spiro atoms. The summed E-state index contributed by atoms with van der Waals surface area (Å²) in [6.45, 7) is 5.19. The fourth-order valence-corrected chi connectivity index (χ4v) is 2.84. The lowest BCUT2D eigenvalue weighted by atomic mass is 10.1. The molecule has 0 amide bonds. The minimum atomic E-state index is 0.275. The van der Waals surface area contributed by atoms with Crippen molar-refractivity contribution in [3.05, 3.63) is 16.1 Å². The molecule has 1 atom stereocenters. The van der Waals surface area contributed by atoms with E-state index in [0.29, 0.717) is 0 Å². The van der Waals surface area contributed by atoms with E-state index >= 15 is 0 Å². The molecule has 1 N–H and O–H groups in total. The van der Waals surface area contributed by atoms with Gasteiger partial charge in [-0.2, -0.15) is 0 Å². The van der Waals surface area contributed by atoms with E-state index in [0.717, 1.165) is 29.5 Å². The van der Waals surface area contributed by atoms with Crippen LogP contribution in [0.1, 0.15) is 42.9 Å². The Bertz CT molecular complexity index is 358. The normalized spacial score (nSPS) is 19.3. The molecule has 1 fully saturated rings. The van der Waals surface area contributed by atoms with Crippen LogP contribution in [-0.4, -0.2) is 22.3 Å². The van der Waals surface area contributed by atoms with E-state index in [1.165, 1.54) is 12.8 Å². The van der Waals surface area contributed by atoms with Gasteiger partial charge in [0.2, 0.25) is 0 Å². The van der Waals surface area contributed by atoms with E-state index in [9.17, 15) is 0 Å². The summed E-state index contributed by atoms with van der Waals surface area (Å²) in [6.07, 6.45) is 3.30. The van der Waals surface area contributed by atoms with Crippen molar-refractivity contribution >= 4 is 17.2 Å². The molecule has 2 rings (SSSR count). The van der Waals surface area contributed by atoms with E-state index in [1.54, 1.807) is 11.3 Å². The molecule has 4 heteroatoms. The molecule has 1 aromatic rings. The molecule has 0 aliphatic carbocycles. The van der Waals surface area contributed by atoms with Crippen molar-refractivity contribution < 1.29 is 0 Å².